The van der Waals surface area contributed by atoms with Crippen molar-refractivity contribution in [2.45, 2.75) is 46.0 Å². The molecule has 0 bridgehead atoms. The molecule has 5 nitrogen and oxygen atoms in total. The summed E-state index contributed by atoms with van der Waals surface area (Å²) >= 11 is 0. The first-order chi connectivity index (χ1) is 13.4. The van der Waals surface area contributed by atoms with Gasteiger partial charge in [-0.15, -0.1) is 0 Å². The first-order valence-electron chi connectivity index (χ1n) is 9.42. The SMILES string of the molecule is Cc1cc(=O)n(-c2ccc(C3=CCC(c4oncc4C)CC3)c(F)c2)c(C)n1. The molecule has 1 unspecified atom stereocenters. The molecule has 1 aliphatic rings. The molecule has 1 aliphatic carbocycles. The maximum absolute atomic E-state index is 14.9. The van der Waals surface area contributed by atoms with Crippen molar-refractivity contribution in [2.24, 2.45) is 0 Å². The summed E-state index contributed by atoms with van der Waals surface area (Å²) in [6.07, 6.45) is 6.28. The molecule has 0 amide bonds. The molecule has 2 aromatic heterocycles. The van der Waals surface area contributed by atoms with E-state index in [1.165, 1.54) is 16.7 Å². The molecule has 0 fully saturated rings. The lowest BCUT2D eigenvalue weighted by molar-refractivity contribution is 0.351. The molecule has 0 aliphatic heterocycles. The zero-order valence-electron chi connectivity index (χ0n) is 16.2. The van der Waals surface area contributed by atoms with Crippen molar-refractivity contribution < 1.29 is 8.91 Å². The van der Waals surface area contributed by atoms with Crippen LogP contribution in [0.15, 0.2) is 45.9 Å². The standard InChI is InChI=1S/C22H22FN3O2/c1-13-12-24-28-22(13)17-6-4-16(5-7-17)19-9-8-18(11-20(19)23)26-15(3)25-14(2)10-21(26)27/h4,8-12,17H,5-7H2,1-3H3. The molecule has 0 spiro atoms. The minimum atomic E-state index is -0.329. The lowest BCUT2D eigenvalue weighted by Crippen LogP contribution is -2.22. The average molecular weight is 379 g/mol. The number of rotatable bonds is 3. The molecular formula is C22H22FN3O2. The van der Waals surface area contributed by atoms with E-state index >= 15 is 0 Å². The van der Waals surface area contributed by atoms with Crippen LogP contribution in [0.4, 0.5) is 4.39 Å². The van der Waals surface area contributed by atoms with E-state index in [-0.39, 0.29) is 17.3 Å². The van der Waals surface area contributed by atoms with Crippen molar-refractivity contribution in [1.29, 1.82) is 0 Å². The summed E-state index contributed by atoms with van der Waals surface area (Å²) in [5.74, 6) is 1.42. The second-order valence-electron chi connectivity index (χ2n) is 7.36. The van der Waals surface area contributed by atoms with Gasteiger partial charge in [-0.05, 0) is 63.8 Å². The average Bonchev–Trinajstić information content (AvgIpc) is 3.07. The van der Waals surface area contributed by atoms with Gasteiger partial charge in [-0.3, -0.25) is 9.36 Å². The van der Waals surface area contributed by atoms with Crippen LogP contribution in [0.5, 0.6) is 0 Å². The normalized spacial score (nSPS) is 16.9. The van der Waals surface area contributed by atoms with Crippen LogP contribution in [0, 0.1) is 26.6 Å². The van der Waals surface area contributed by atoms with Crippen LogP contribution in [0.1, 0.15) is 53.6 Å². The van der Waals surface area contributed by atoms with Gasteiger partial charge in [0.25, 0.3) is 5.56 Å². The summed E-state index contributed by atoms with van der Waals surface area (Å²) in [5.41, 5.74) is 3.57. The largest absolute Gasteiger partial charge is 0.361 e. The molecule has 0 saturated heterocycles. The minimum Gasteiger partial charge on any atom is -0.361 e. The molecule has 0 radical (unpaired) electrons. The van der Waals surface area contributed by atoms with Gasteiger partial charge < -0.3 is 4.52 Å². The molecule has 0 N–H and O–H groups in total. The van der Waals surface area contributed by atoms with Crippen molar-refractivity contribution in [2.75, 3.05) is 0 Å². The molecule has 0 saturated carbocycles. The third kappa shape index (κ3) is 3.30. The van der Waals surface area contributed by atoms with E-state index in [2.05, 4.69) is 16.2 Å². The molecule has 1 aromatic carbocycles. The first-order valence-corrected chi connectivity index (χ1v) is 9.42. The van der Waals surface area contributed by atoms with Gasteiger partial charge in [0, 0.05) is 28.8 Å². The second-order valence-corrected chi connectivity index (χ2v) is 7.36. The van der Waals surface area contributed by atoms with Crippen molar-refractivity contribution in [3.05, 3.63) is 81.1 Å². The Morgan fingerprint density at radius 2 is 2.04 bits per heavy atom. The number of nitrogens with zero attached hydrogens (tertiary/aromatic N) is 3. The summed E-state index contributed by atoms with van der Waals surface area (Å²) in [6.45, 7) is 5.51. The van der Waals surface area contributed by atoms with Crippen molar-refractivity contribution >= 4 is 5.57 Å². The van der Waals surface area contributed by atoms with Crippen LogP contribution >= 0.6 is 0 Å². The van der Waals surface area contributed by atoms with Crippen LogP contribution in [-0.4, -0.2) is 14.7 Å². The Labute approximate surface area is 162 Å². The number of halogens is 1. The summed E-state index contributed by atoms with van der Waals surface area (Å²) in [6, 6.07) is 6.39. The van der Waals surface area contributed by atoms with E-state index in [4.69, 9.17) is 4.52 Å². The van der Waals surface area contributed by atoms with E-state index < -0.39 is 0 Å². The first kappa shape index (κ1) is 18.3. The number of aromatic nitrogens is 3. The fraction of sp³-hybridized carbons (Fsp3) is 0.318. The van der Waals surface area contributed by atoms with E-state index in [0.29, 0.717) is 22.8 Å². The Morgan fingerprint density at radius 1 is 1.21 bits per heavy atom. The number of aryl methyl sites for hydroxylation is 3. The van der Waals surface area contributed by atoms with Gasteiger partial charge in [-0.2, -0.15) is 0 Å². The van der Waals surface area contributed by atoms with Gasteiger partial charge in [0.05, 0.1) is 11.9 Å². The number of hydrogen-bond acceptors (Lipinski definition) is 4. The molecular weight excluding hydrogens is 357 g/mol. The fourth-order valence-corrected chi connectivity index (χ4v) is 3.97. The molecule has 3 aromatic rings. The Kier molecular flexibility index (Phi) is 4.71. The predicted molar refractivity (Wildman–Crippen MR) is 105 cm³/mol. The van der Waals surface area contributed by atoms with Crippen molar-refractivity contribution in [3.8, 4) is 5.69 Å². The van der Waals surface area contributed by atoms with Crippen LogP contribution in [-0.2, 0) is 0 Å². The van der Waals surface area contributed by atoms with Gasteiger partial charge in [-0.25, -0.2) is 9.37 Å². The van der Waals surface area contributed by atoms with Crippen LogP contribution in [0.3, 0.4) is 0 Å². The highest BCUT2D eigenvalue weighted by Crippen LogP contribution is 2.37. The smallest absolute Gasteiger partial charge is 0.258 e. The zero-order chi connectivity index (χ0) is 19.8. The quantitative estimate of drug-likeness (QED) is 0.665. The fourth-order valence-electron chi connectivity index (χ4n) is 3.97. The summed E-state index contributed by atoms with van der Waals surface area (Å²) < 4.78 is 21.7. The zero-order valence-corrected chi connectivity index (χ0v) is 16.2. The molecule has 28 heavy (non-hydrogen) atoms. The Balaban J connectivity index is 1.62. The van der Waals surface area contributed by atoms with Crippen molar-refractivity contribution in [3.63, 3.8) is 0 Å². The lowest BCUT2D eigenvalue weighted by atomic mass is 9.84. The van der Waals surface area contributed by atoms with E-state index in [1.807, 2.05) is 6.92 Å². The topological polar surface area (TPSA) is 60.9 Å². The highest BCUT2D eigenvalue weighted by Gasteiger charge is 2.23. The highest BCUT2D eigenvalue weighted by atomic mass is 19.1. The third-order valence-electron chi connectivity index (χ3n) is 5.34. The Hall–Kier alpha value is -3.02. The minimum absolute atomic E-state index is 0.209. The predicted octanol–water partition coefficient (Wildman–Crippen LogP) is 4.64. The van der Waals surface area contributed by atoms with Gasteiger partial charge in [0.1, 0.15) is 17.4 Å². The Morgan fingerprint density at radius 3 is 2.64 bits per heavy atom. The summed E-state index contributed by atoms with van der Waals surface area (Å²) in [5, 5.41) is 3.86. The van der Waals surface area contributed by atoms with Gasteiger partial charge in [0.2, 0.25) is 0 Å². The molecule has 4 rings (SSSR count). The van der Waals surface area contributed by atoms with E-state index in [0.717, 1.165) is 36.2 Å². The van der Waals surface area contributed by atoms with Gasteiger partial charge in [0.15, 0.2) is 0 Å². The van der Waals surface area contributed by atoms with E-state index in [9.17, 15) is 9.18 Å². The maximum atomic E-state index is 14.9. The lowest BCUT2D eigenvalue weighted by Gasteiger charge is -2.21. The third-order valence-corrected chi connectivity index (χ3v) is 5.34. The maximum Gasteiger partial charge on any atom is 0.258 e. The number of hydrogen-bond donors (Lipinski definition) is 0. The van der Waals surface area contributed by atoms with Crippen LogP contribution < -0.4 is 5.56 Å². The van der Waals surface area contributed by atoms with Crippen LogP contribution in [0.2, 0.25) is 0 Å². The monoisotopic (exact) mass is 379 g/mol. The van der Waals surface area contributed by atoms with E-state index in [1.54, 1.807) is 32.2 Å². The highest BCUT2D eigenvalue weighted by molar-refractivity contribution is 5.68. The van der Waals surface area contributed by atoms with Gasteiger partial charge >= 0.3 is 0 Å². The van der Waals surface area contributed by atoms with Crippen LogP contribution in [0.25, 0.3) is 11.3 Å². The molecule has 2 heterocycles. The summed E-state index contributed by atoms with van der Waals surface area (Å²) in [7, 11) is 0. The van der Waals surface area contributed by atoms with Gasteiger partial charge in [-0.1, -0.05) is 11.2 Å². The number of allylic oxidation sites excluding steroid dienone is 2. The summed E-state index contributed by atoms with van der Waals surface area (Å²) in [4.78, 5) is 16.6. The van der Waals surface area contributed by atoms with Crippen molar-refractivity contribution in [1.82, 2.24) is 14.7 Å². The molecule has 144 valence electrons. The molecule has 1 atom stereocenters. The number of benzene rings is 1. The second kappa shape index (κ2) is 7.19. The Bertz CT molecular complexity index is 1130. The molecule has 6 heteroatoms.